The van der Waals surface area contributed by atoms with Crippen LogP contribution in [0.25, 0.3) is 0 Å². The van der Waals surface area contributed by atoms with Gasteiger partial charge in [-0.05, 0) is 27.7 Å². The van der Waals surface area contributed by atoms with Crippen LogP contribution in [0, 0.1) is 0 Å². The number of rotatable bonds is 2. The molecular weight excluding hydrogens is 190 g/mol. The van der Waals surface area contributed by atoms with Crippen LogP contribution < -0.4 is 0 Å². The number of nitrogens with zero attached hydrogens (tertiary/aromatic N) is 1. The van der Waals surface area contributed by atoms with Crippen LogP contribution in [-0.4, -0.2) is 35.6 Å². The minimum Gasteiger partial charge on any atom is -0.444 e. The highest BCUT2D eigenvalue weighted by Gasteiger charge is 2.19. The first-order chi connectivity index (χ1) is 5.72. The van der Waals surface area contributed by atoms with Gasteiger partial charge in [-0.1, -0.05) is 0 Å². The fourth-order valence-electron chi connectivity index (χ4n) is 0.792. The average Bonchev–Trinajstić information content (AvgIpc) is 1.81. The Labute approximate surface area is 85.0 Å². The lowest BCUT2D eigenvalue weighted by atomic mass is 10.2. The second kappa shape index (κ2) is 4.70. The third-order valence-electron chi connectivity index (χ3n) is 1.23. The van der Waals surface area contributed by atoms with Gasteiger partial charge in [0, 0.05) is 19.0 Å². The van der Waals surface area contributed by atoms with Gasteiger partial charge in [-0.3, -0.25) is 0 Å². The zero-order valence-electron chi connectivity index (χ0n) is 8.93. The summed E-state index contributed by atoms with van der Waals surface area (Å²) in [7, 11) is 1.67. The molecule has 1 unspecified atom stereocenters. The van der Waals surface area contributed by atoms with Gasteiger partial charge in [0.2, 0.25) is 0 Å². The van der Waals surface area contributed by atoms with E-state index in [9.17, 15) is 4.79 Å². The Hall–Kier alpha value is -0.440. The van der Waals surface area contributed by atoms with Gasteiger partial charge in [-0.15, -0.1) is 11.6 Å². The van der Waals surface area contributed by atoms with E-state index in [4.69, 9.17) is 16.3 Å². The topological polar surface area (TPSA) is 29.5 Å². The van der Waals surface area contributed by atoms with Crippen LogP contribution >= 0.6 is 11.6 Å². The molecule has 0 fully saturated rings. The fraction of sp³-hybridized carbons (Fsp3) is 0.889. The molecule has 4 heteroatoms. The van der Waals surface area contributed by atoms with Gasteiger partial charge in [0.25, 0.3) is 0 Å². The van der Waals surface area contributed by atoms with E-state index in [1.807, 2.05) is 27.7 Å². The smallest absolute Gasteiger partial charge is 0.410 e. The largest absolute Gasteiger partial charge is 0.444 e. The molecule has 0 bridgehead atoms. The molecule has 0 aromatic heterocycles. The predicted molar refractivity (Wildman–Crippen MR) is 54.2 cm³/mol. The highest BCUT2D eigenvalue weighted by molar-refractivity contribution is 6.20. The summed E-state index contributed by atoms with van der Waals surface area (Å²) in [4.78, 5) is 12.8. The lowest BCUT2D eigenvalue weighted by Gasteiger charge is -2.25. The van der Waals surface area contributed by atoms with Crippen molar-refractivity contribution in [2.75, 3.05) is 13.6 Å². The summed E-state index contributed by atoms with van der Waals surface area (Å²) in [5, 5.41) is -0.0579. The number of halogens is 1. The first-order valence-corrected chi connectivity index (χ1v) is 4.74. The molecule has 0 rings (SSSR count). The summed E-state index contributed by atoms with van der Waals surface area (Å²) in [6.07, 6.45) is -0.333. The van der Waals surface area contributed by atoms with Gasteiger partial charge >= 0.3 is 6.09 Å². The molecule has 1 amide bonds. The normalized spacial score (nSPS) is 13.7. The SMILES string of the molecule is CC(Cl)CN(C)C(=O)OC(C)(C)C. The maximum absolute atomic E-state index is 11.3. The van der Waals surface area contributed by atoms with Gasteiger partial charge in [-0.2, -0.15) is 0 Å². The Balaban J connectivity index is 3.97. The van der Waals surface area contributed by atoms with Gasteiger partial charge < -0.3 is 9.64 Å². The van der Waals surface area contributed by atoms with Gasteiger partial charge in [0.15, 0.2) is 0 Å². The van der Waals surface area contributed by atoms with Crippen molar-refractivity contribution in [3.8, 4) is 0 Å². The van der Waals surface area contributed by atoms with E-state index in [0.29, 0.717) is 6.54 Å². The Kier molecular flexibility index (Phi) is 4.54. The van der Waals surface area contributed by atoms with Crippen LogP contribution in [0.3, 0.4) is 0 Å². The minimum absolute atomic E-state index is 0.0579. The van der Waals surface area contributed by atoms with Crippen molar-refractivity contribution >= 4 is 17.7 Å². The molecule has 0 aliphatic heterocycles. The molecule has 0 aliphatic carbocycles. The van der Waals surface area contributed by atoms with E-state index in [2.05, 4.69) is 0 Å². The Morgan fingerprint density at radius 1 is 1.54 bits per heavy atom. The molecule has 1 atom stereocenters. The first-order valence-electron chi connectivity index (χ1n) is 4.30. The number of hydrogen-bond acceptors (Lipinski definition) is 2. The maximum Gasteiger partial charge on any atom is 0.410 e. The fourth-order valence-corrected chi connectivity index (χ4v) is 0.999. The molecule has 78 valence electrons. The highest BCUT2D eigenvalue weighted by atomic mass is 35.5. The van der Waals surface area contributed by atoms with E-state index in [0.717, 1.165) is 0 Å². The van der Waals surface area contributed by atoms with Crippen molar-refractivity contribution < 1.29 is 9.53 Å². The second-order valence-corrected chi connectivity index (χ2v) is 4.89. The summed E-state index contributed by atoms with van der Waals surface area (Å²) in [6.45, 7) is 7.84. The molecule has 0 radical (unpaired) electrons. The van der Waals surface area contributed by atoms with Crippen molar-refractivity contribution in [1.82, 2.24) is 4.90 Å². The van der Waals surface area contributed by atoms with E-state index in [-0.39, 0.29) is 11.5 Å². The molecule has 13 heavy (non-hydrogen) atoms. The van der Waals surface area contributed by atoms with E-state index < -0.39 is 5.60 Å². The number of amides is 1. The third kappa shape index (κ3) is 6.70. The van der Waals surface area contributed by atoms with E-state index >= 15 is 0 Å². The van der Waals surface area contributed by atoms with Crippen LogP contribution in [0.1, 0.15) is 27.7 Å². The van der Waals surface area contributed by atoms with Crippen LogP contribution in [0.4, 0.5) is 4.79 Å². The van der Waals surface area contributed by atoms with Crippen molar-refractivity contribution in [3.05, 3.63) is 0 Å². The molecule has 3 nitrogen and oxygen atoms in total. The summed E-state index contributed by atoms with van der Waals surface area (Å²) < 4.78 is 5.13. The van der Waals surface area contributed by atoms with Crippen molar-refractivity contribution in [1.29, 1.82) is 0 Å². The third-order valence-corrected chi connectivity index (χ3v) is 1.37. The van der Waals surface area contributed by atoms with E-state index in [1.54, 1.807) is 7.05 Å². The summed E-state index contributed by atoms with van der Waals surface area (Å²) in [6, 6.07) is 0. The van der Waals surface area contributed by atoms with Gasteiger partial charge in [0.1, 0.15) is 5.60 Å². The van der Waals surface area contributed by atoms with Gasteiger partial charge in [-0.25, -0.2) is 4.79 Å². The average molecular weight is 208 g/mol. The number of ether oxygens (including phenoxy) is 1. The number of carbonyl (C=O) groups excluding carboxylic acids is 1. The quantitative estimate of drug-likeness (QED) is 0.652. The lowest BCUT2D eigenvalue weighted by Crippen LogP contribution is -2.36. The Morgan fingerprint density at radius 3 is 2.31 bits per heavy atom. The minimum atomic E-state index is -0.444. The predicted octanol–water partition coefficient (Wildman–Crippen LogP) is 2.48. The van der Waals surface area contributed by atoms with Gasteiger partial charge in [0.05, 0.1) is 0 Å². The van der Waals surface area contributed by atoms with Crippen molar-refractivity contribution in [2.45, 2.75) is 38.7 Å². The van der Waals surface area contributed by atoms with Crippen molar-refractivity contribution in [3.63, 3.8) is 0 Å². The number of alkyl halides is 1. The Bertz CT molecular complexity index is 175. The molecule has 0 N–H and O–H groups in total. The van der Waals surface area contributed by atoms with Crippen LogP contribution in [0.2, 0.25) is 0 Å². The second-order valence-electron chi connectivity index (χ2n) is 4.14. The standard InChI is InChI=1S/C9H18ClNO2/c1-7(10)6-11(5)8(12)13-9(2,3)4/h7H,6H2,1-5H3. The lowest BCUT2D eigenvalue weighted by molar-refractivity contribution is 0.0300. The van der Waals surface area contributed by atoms with Crippen LogP contribution in [0.15, 0.2) is 0 Å². The van der Waals surface area contributed by atoms with Crippen LogP contribution in [0.5, 0.6) is 0 Å². The molecular formula is C9H18ClNO2. The summed E-state index contributed by atoms with van der Waals surface area (Å²) in [5.74, 6) is 0. The molecule has 0 aromatic rings. The zero-order chi connectivity index (χ0) is 10.6. The molecule has 0 aromatic carbocycles. The molecule has 0 saturated carbocycles. The first kappa shape index (κ1) is 12.6. The number of carbonyl (C=O) groups is 1. The van der Waals surface area contributed by atoms with Crippen LogP contribution in [-0.2, 0) is 4.74 Å². The molecule has 0 heterocycles. The summed E-state index contributed by atoms with van der Waals surface area (Å²) >= 11 is 5.74. The molecule has 0 spiro atoms. The molecule has 0 saturated heterocycles. The summed E-state index contributed by atoms with van der Waals surface area (Å²) in [5.41, 5.74) is -0.444. The van der Waals surface area contributed by atoms with Crippen molar-refractivity contribution in [2.24, 2.45) is 0 Å². The maximum atomic E-state index is 11.3. The monoisotopic (exact) mass is 207 g/mol. The van der Waals surface area contributed by atoms with E-state index in [1.165, 1.54) is 4.90 Å². The number of hydrogen-bond donors (Lipinski definition) is 0. The molecule has 0 aliphatic rings. The Morgan fingerprint density at radius 2 is 2.00 bits per heavy atom. The zero-order valence-corrected chi connectivity index (χ0v) is 9.68. The highest BCUT2D eigenvalue weighted by Crippen LogP contribution is 2.09.